The fraction of sp³-hybridized carbons (Fsp3) is 0.773. The van der Waals surface area contributed by atoms with Crippen molar-refractivity contribution in [2.45, 2.75) is 72.3 Å². The monoisotopic (exact) mass is 379 g/mol. The molecule has 0 aliphatic carbocycles. The Kier molecular flexibility index (Phi) is 10.5. The summed E-state index contributed by atoms with van der Waals surface area (Å²) in [6.07, 6.45) is 6.81. The number of ether oxygens (including phenoxy) is 1. The molecule has 0 aromatic carbocycles. The number of nitrogens with one attached hydrogen (secondary N) is 1. The largest absolute Gasteiger partial charge is 0.376 e. The molecule has 1 aliphatic heterocycles. The summed E-state index contributed by atoms with van der Waals surface area (Å²) < 4.78 is 5.90. The lowest BCUT2D eigenvalue weighted by Crippen LogP contribution is -2.43. The minimum Gasteiger partial charge on any atom is -0.376 e. The zero-order valence-corrected chi connectivity index (χ0v) is 18.4. The minimum atomic E-state index is -0.0723. The van der Waals surface area contributed by atoms with Crippen LogP contribution in [0.4, 0.5) is 0 Å². The third-order valence-corrected chi connectivity index (χ3v) is 4.89. The summed E-state index contributed by atoms with van der Waals surface area (Å²) in [5.41, 5.74) is 1.86. The normalized spacial score (nSPS) is 18.1. The SMILES string of the molecule is C=C(NC(=O)/C(=C(\C)CCCC)N(C)C)N(CC(C)C)CC1CCCCO1. The Morgan fingerprint density at radius 1 is 1.30 bits per heavy atom. The molecule has 27 heavy (non-hydrogen) atoms. The van der Waals surface area contributed by atoms with E-state index in [4.69, 9.17) is 4.74 Å². The van der Waals surface area contributed by atoms with E-state index in [0.29, 0.717) is 11.7 Å². The van der Waals surface area contributed by atoms with E-state index in [-0.39, 0.29) is 12.0 Å². The summed E-state index contributed by atoms with van der Waals surface area (Å²) in [5.74, 6) is 1.08. The molecule has 1 saturated heterocycles. The van der Waals surface area contributed by atoms with Gasteiger partial charge >= 0.3 is 0 Å². The lowest BCUT2D eigenvalue weighted by molar-refractivity contribution is -0.118. The first-order valence-electron chi connectivity index (χ1n) is 10.5. The fourth-order valence-electron chi connectivity index (χ4n) is 3.54. The predicted molar refractivity (Wildman–Crippen MR) is 113 cm³/mol. The van der Waals surface area contributed by atoms with Gasteiger partial charge in [-0.15, -0.1) is 0 Å². The maximum Gasteiger partial charge on any atom is 0.272 e. The van der Waals surface area contributed by atoms with Crippen LogP contribution in [0, 0.1) is 5.92 Å². The van der Waals surface area contributed by atoms with E-state index >= 15 is 0 Å². The Hall–Kier alpha value is -1.49. The van der Waals surface area contributed by atoms with E-state index in [1.54, 1.807) is 0 Å². The highest BCUT2D eigenvalue weighted by atomic mass is 16.5. The van der Waals surface area contributed by atoms with Crippen LogP contribution in [0.25, 0.3) is 0 Å². The highest BCUT2D eigenvalue weighted by Crippen LogP contribution is 2.18. The molecule has 0 aromatic rings. The second-order valence-corrected chi connectivity index (χ2v) is 8.32. The Morgan fingerprint density at radius 2 is 2.00 bits per heavy atom. The molecule has 1 N–H and O–H groups in total. The standard InChI is InChI=1S/C22H41N3O2/c1-8-9-12-18(4)21(24(6)7)22(26)23-19(5)25(15-17(2)3)16-20-13-10-11-14-27-20/h17,20H,5,8-16H2,1-4,6-7H3,(H,23,26)/b21-18-. The number of likely N-dealkylation sites (N-methyl/N-ethyl adjacent to an activating group) is 1. The molecule has 1 unspecified atom stereocenters. The third kappa shape index (κ3) is 8.37. The van der Waals surface area contributed by atoms with E-state index < -0.39 is 0 Å². The maximum absolute atomic E-state index is 13.0. The van der Waals surface area contributed by atoms with E-state index in [1.165, 1.54) is 6.42 Å². The van der Waals surface area contributed by atoms with E-state index in [0.717, 1.165) is 63.1 Å². The smallest absolute Gasteiger partial charge is 0.272 e. The first kappa shape index (κ1) is 23.5. The van der Waals surface area contributed by atoms with E-state index in [9.17, 15) is 4.79 Å². The molecule has 1 rings (SSSR count). The highest BCUT2D eigenvalue weighted by molar-refractivity contribution is 5.94. The molecule has 1 atom stereocenters. The highest BCUT2D eigenvalue weighted by Gasteiger charge is 2.22. The number of allylic oxidation sites excluding steroid dienone is 1. The molecule has 1 amide bonds. The van der Waals surface area contributed by atoms with Crippen molar-refractivity contribution in [1.82, 2.24) is 15.1 Å². The number of nitrogens with zero attached hydrogens (tertiary/aromatic N) is 2. The summed E-state index contributed by atoms with van der Waals surface area (Å²) >= 11 is 0. The molecule has 1 heterocycles. The van der Waals surface area contributed by atoms with Crippen LogP contribution in [0.15, 0.2) is 23.7 Å². The van der Waals surface area contributed by atoms with Gasteiger partial charge in [-0.2, -0.15) is 0 Å². The molecule has 5 nitrogen and oxygen atoms in total. The molecule has 5 heteroatoms. The molecule has 0 saturated carbocycles. The summed E-state index contributed by atoms with van der Waals surface area (Å²) in [6.45, 7) is 15.2. The zero-order chi connectivity index (χ0) is 20.4. The van der Waals surface area contributed by atoms with Crippen molar-refractivity contribution in [2.75, 3.05) is 33.8 Å². The lowest BCUT2D eigenvalue weighted by Gasteiger charge is -2.34. The quantitative estimate of drug-likeness (QED) is 0.548. The number of amides is 1. The summed E-state index contributed by atoms with van der Waals surface area (Å²) in [7, 11) is 3.85. The Bertz CT molecular complexity index is 506. The number of rotatable bonds is 11. The molecule has 0 aromatic heterocycles. The van der Waals surface area contributed by atoms with Gasteiger partial charge in [-0.05, 0) is 50.5 Å². The van der Waals surface area contributed by atoms with E-state index in [2.05, 4.69) is 44.5 Å². The molecule has 1 fully saturated rings. The lowest BCUT2D eigenvalue weighted by atomic mass is 10.1. The predicted octanol–water partition coefficient (Wildman–Crippen LogP) is 4.13. The van der Waals surface area contributed by atoms with Gasteiger partial charge in [0.1, 0.15) is 11.5 Å². The minimum absolute atomic E-state index is 0.0723. The van der Waals surface area contributed by atoms with Crippen LogP contribution >= 0.6 is 0 Å². The Balaban J connectivity index is 2.82. The van der Waals surface area contributed by atoms with Gasteiger partial charge in [-0.25, -0.2) is 0 Å². The van der Waals surface area contributed by atoms with Crippen molar-refractivity contribution < 1.29 is 9.53 Å². The van der Waals surface area contributed by atoms with Crippen LogP contribution in [0.1, 0.15) is 66.2 Å². The van der Waals surface area contributed by atoms with Crippen molar-refractivity contribution in [2.24, 2.45) is 5.92 Å². The zero-order valence-electron chi connectivity index (χ0n) is 18.4. The first-order valence-corrected chi connectivity index (χ1v) is 10.5. The van der Waals surface area contributed by atoms with Gasteiger partial charge in [-0.3, -0.25) is 4.79 Å². The molecular formula is C22H41N3O2. The van der Waals surface area contributed by atoms with Crippen molar-refractivity contribution in [3.63, 3.8) is 0 Å². The van der Waals surface area contributed by atoms with Crippen LogP contribution in [0.3, 0.4) is 0 Å². The van der Waals surface area contributed by atoms with Gasteiger partial charge in [0, 0.05) is 33.8 Å². The summed E-state index contributed by atoms with van der Waals surface area (Å²) in [5, 5.41) is 3.05. The molecule has 1 aliphatic rings. The number of hydrogen-bond acceptors (Lipinski definition) is 4. The van der Waals surface area contributed by atoms with Gasteiger partial charge < -0.3 is 19.9 Å². The second kappa shape index (κ2) is 12.1. The third-order valence-electron chi connectivity index (χ3n) is 4.89. The van der Waals surface area contributed by atoms with Gasteiger partial charge in [0.05, 0.1) is 6.10 Å². The molecular weight excluding hydrogens is 338 g/mol. The topological polar surface area (TPSA) is 44.8 Å². The van der Waals surface area contributed by atoms with Crippen LogP contribution in [-0.2, 0) is 9.53 Å². The summed E-state index contributed by atoms with van der Waals surface area (Å²) in [4.78, 5) is 17.0. The maximum atomic E-state index is 13.0. The molecule has 156 valence electrons. The van der Waals surface area contributed by atoms with E-state index in [1.807, 2.05) is 19.0 Å². The number of carbonyl (C=O) groups excluding carboxylic acids is 1. The second-order valence-electron chi connectivity index (χ2n) is 8.32. The molecule has 0 bridgehead atoms. The van der Waals surface area contributed by atoms with Crippen molar-refractivity contribution in [3.8, 4) is 0 Å². The van der Waals surface area contributed by atoms with Gasteiger partial charge in [0.2, 0.25) is 0 Å². The van der Waals surface area contributed by atoms with Crippen molar-refractivity contribution in [1.29, 1.82) is 0 Å². The average Bonchev–Trinajstić information content (AvgIpc) is 2.59. The number of carbonyl (C=O) groups is 1. The van der Waals surface area contributed by atoms with Crippen LogP contribution in [-0.4, -0.2) is 55.6 Å². The number of unbranched alkanes of at least 4 members (excludes halogenated alkanes) is 1. The number of hydrogen-bond donors (Lipinski definition) is 1. The van der Waals surface area contributed by atoms with Crippen LogP contribution in [0.5, 0.6) is 0 Å². The van der Waals surface area contributed by atoms with Crippen molar-refractivity contribution in [3.05, 3.63) is 23.7 Å². The summed E-state index contributed by atoms with van der Waals surface area (Å²) in [6, 6.07) is 0. The van der Waals surface area contributed by atoms with Crippen molar-refractivity contribution >= 4 is 5.91 Å². The first-order chi connectivity index (χ1) is 12.8. The van der Waals surface area contributed by atoms with Crippen LogP contribution < -0.4 is 5.32 Å². The van der Waals surface area contributed by atoms with Gasteiger partial charge in [-0.1, -0.05) is 33.8 Å². The molecule has 0 spiro atoms. The fourth-order valence-corrected chi connectivity index (χ4v) is 3.54. The van der Waals surface area contributed by atoms with Gasteiger partial charge in [0.15, 0.2) is 0 Å². The Morgan fingerprint density at radius 3 is 2.52 bits per heavy atom. The van der Waals surface area contributed by atoms with Crippen LogP contribution in [0.2, 0.25) is 0 Å². The molecule has 0 radical (unpaired) electrons. The average molecular weight is 380 g/mol. The Labute approximate surface area is 166 Å². The van der Waals surface area contributed by atoms with Gasteiger partial charge in [0.25, 0.3) is 5.91 Å².